The Bertz CT molecular complexity index is 1290. The van der Waals surface area contributed by atoms with Gasteiger partial charge in [-0.25, -0.2) is 4.79 Å². The van der Waals surface area contributed by atoms with Crippen LogP contribution in [-0.4, -0.2) is 21.3 Å². The van der Waals surface area contributed by atoms with E-state index >= 15 is 0 Å². The van der Waals surface area contributed by atoms with Gasteiger partial charge in [0.1, 0.15) is 0 Å². The summed E-state index contributed by atoms with van der Waals surface area (Å²) < 4.78 is 0. The van der Waals surface area contributed by atoms with Crippen molar-refractivity contribution in [3.8, 4) is 0 Å². The van der Waals surface area contributed by atoms with Gasteiger partial charge >= 0.3 is 5.97 Å². The number of rotatable bonds is 6. The fourth-order valence-corrected chi connectivity index (χ4v) is 3.90. The molecule has 1 aromatic heterocycles. The number of carbonyl (C=O) groups is 1. The number of carboxylic acids is 1. The van der Waals surface area contributed by atoms with Gasteiger partial charge in [0.25, 0.3) is 0 Å². The van der Waals surface area contributed by atoms with Crippen molar-refractivity contribution in [3.05, 3.63) is 107 Å². The van der Waals surface area contributed by atoms with E-state index in [9.17, 15) is 4.79 Å². The molecule has 4 rings (SSSR count). The molecule has 0 spiro atoms. The second-order valence-corrected chi connectivity index (χ2v) is 7.54. The maximum absolute atomic E-state index is 10.8. The number of aliphatic carboxylic acids is 1. The molecule has 4 nitrogen and oxygen atoms in total. The van der Waals surface area contributed by atoms with Crippen LogP contribution in [-0.2, 0) is 4.79 Å². The van der Waals surface area contributed by atoms with Gasteiger partial charge in [0.15, 0.2) is 0 Å². The molecule has 0 atom stereocenters. The zero-order chi connectivity index (χ0) is 21.8. The summed E-state index contributed by atoms with van der Waals surface area (Å²) in [7, 11) is 0. The first-order chi connectivity index (χ1) is 15.0. The number of hydrogen-bond acceptors (Lipinski definition) is 2. The zero-order valence-corrected chi connectivity index (χ0v) is 17.6. The Balaban J connectivity index is 1.91. The number of carboxylic acid groups (broad SMARTS) is 1. The van der Waals surface area contributed by atoms with E-state index in [2.05, 4.69) is 78.6 Å². The lowest BCUT2D eigenvalue weighted by Crippen LogP contribution is -1.96. The summed E-state index contributed by atoms with van der Waals surface area (Å²) in [6, 6.07) is 23.0. The number of H-pyrrole nitrogens is 1. The molecule has 0 aliphatic carbocycles. The molecule has 4 aromatic rings. The smallest absolute Gasteiger partial charge is 0.328 e. The van der Waals surface area contributed by atoms with E-state index in [0.717, 1.165) is 40.1 Å². The minimum absolute atomic E-state index is 0.851. The number of aryl methyl sites for hydroxylation is 1. The van der Waals surface area contributed by atoms with E-state index < -0.39 is 5.97 Å². The predicted molar refractivity (Wildman–Crippen MR) is 127 cm³/mol. The van der Waals surface area contributed by atoms with E-state index in [1.165, 1.54) is 22.3 Å². The lowest BCUT2D eigenvalue weighted by Gasteiger charge is -2.17. The van der Waals surface area contributed by atoms with Crippen molar-refractivity contribution in [2.24, 2.45) is 0 Å². The Kier molecular flexibility index (Phi) is 5.80. The lowest BCUT2D eigenvalue weighted by molar-refractivity contribution is -0.131. The minimum atomic E-state index is -0.953. The highest BCUT2D eigenvalue weighted by atomic mass is 16.4. The number of nitrogens with zero attached hydrogens (tertiary/aromatic N) is 1. The van der Waals surface area contributed by atoms with Crippen LogP contribution in [0.3, 0.4) is 0 Å². The highest BCUT2D eigenvalue weighted by molar-refractivity contribution is 6.00. The summed E-state index contributed by atoms with van der Waals surface area (Å²) in [6.07, 6.45) is 5.48. The third-order valence-electron chi connectivity index (χ3n) is 5.37. The molecule has 0 unspecified atom stereocenters. The zero-order valence-electron chi connectivity index (χ0n) is 17.6. The number of allylic oxidation sites excluding steroid dienone is 1. The summed E-state index contributed by atoms with van der Waals surface area (Å²) in [6.45, 7) is 4.29. The van der Waals surface area contributed by atoms with Gasteiger partial charge in [0, 0.05) is 11.5 Å². The van der Waals surface area contributed by atoms with Crippen molar-refractivity contribution in [3.63, 3.8) is 0 Å². The average Bonchev–Trinajstić information content (AvgIpc) is 3.24. The van der Waals surface area contributed by atoms with Crippen LogP contribution in [0.5, 0.6) is 0 Å². The number of aromatic nitrogens is 2. The van der Waals surface area contributed by atoms with E-state index in [0.29, 0.717) is 0 Å². The molecule has 0 amide bonds. The van der Waals surface area contributed by atoms with Crippen molar-refractivity contribution in [2.45, 2.75) is 20.3 Å². The van der Waals surface area contributed by atoms with Crippen molar-refractivity contribution in [1.82, 2.24) is 10.2 Å². The second-order valence-electron chi connectivity index (χ2n) is 7.54. The molecule has 0 bridgehead atoms. The SMILES string of the molecule is CC/C(=C(/c1ccc(/C=C/C(=O)O)cc1)c1ccc2[nH]ncc2c1)c1cccc(C)c1. The third-order valence-corrected chi connectivity index (χ3v) is 5.37. The van der Waals surface area contributed by atoms with Gasteiger partial charge in [-0.3, -0.25) is 5.10 Å². The van der Waals surface area contributed by atoms with Crippen LogP contribution in [0, 0.1) is 6.92 Å². The fourth-order valence-electron chi connectivity index (χ4n) is 3.90. The molecule has 154 valence electrons. The van der Waals surface area contributed by atoms with Crippen molar-refractivity contribution < 1.29 is 9.90 Å². The van der Waals surface area contributed by atoms with E-state index in [4.69, 9.17) is 5.11 Å². The Labute approximate surface area is 181 Å². The van der Waals surface area contributed by atoms with Gasteiger partial charge in [-0.2, -0.15) is 5.10 Å². The predicted octanol–water partition coefficient (Wildman–Crippen LogP) is 6.34. The maximum atomic E-state index is 10.8. The van der Waals surface area contributed by atoms with Crippen LogP contribution >= 0.6 is 0 Å². The van der Waals surface area contributed by atoms with Gasteiger partial charge in [-0.1, -0.05) is 67.1 Å². The van der Waals surface area contributed by atoms with Crippen molar-refractivity contribution in [1.29, 1.82) is 0 Å². The first-order valence-corrected chi connectivity index (χ1v) is 10.3. The summed E-state index contributed by atoms with van der Waals surface area (Å²) in [5.74, 6) is -0.953. The number of fused-ring (bicyclic) bond motifs is 1. The topological polar surface area (TPSA) is 66.0 Å². The van der Waals surface area contributed by atoms with E-state index in [1.807, 2.05) is 18.3 Å². The number of nitrogens with one attached hydrogen (secondary N) is 1. The highest BCUT2D eigenvalue weighted by Gasteiger charge is 2.14. The standard InChI is InChI=1S/C27H24N2O2/c1-3-24(21-6-4-5-18(2)15-21)27(22-12-13-25-23(16-22)17-28-29-25)20-10-7-19(8-11-20)9-14-26(30)31/h4-17H,3H2,1-2H3,(H,28,29)(H,30,31)/b14-9+,27-24+. The Morgan fingerprint density at radius 3 is 2.48 bits per heavy atom. The van der Waals surface area contributed by atoms with E-state index in [-0.39, 0.29) is 0 Å². The van der Waals surface area contributed by atoms with Crippen LogP contribution in [0.1, 0.15) is 41.2 Å². The normalized spacial score (nSPS) is 12.3. The number of hydrogen-bond donors (Lipinski definition) is 2. The average molecular weight is 409 g/mol. The first-order valence-electron chi connectivity index (χ1n) is 10.3. The summed E-state index contributed by atoms with van der Waals surface area (Å²) in [4.78, 5) is 10.8. The summed E-state index contributed by atoms with van der Waals surface area (Å²) >= 11 is 0. The minimum Gasteiger partial charge on any atom is -0.478 e. The molecule has 31 heavy (non-hydrogen) atoms. The van der Waals surface area contributed by atoms with Crippen molar-refractivity contribution in [2.75, 3.05) is 0 Å². The van der Waals surface area contributed by atoms with E-state index in [1.54, 1.807) is 6.08 Å². The van der Waals surface area contributed by atoms with Gasteiger partial charge < -0.3 is 5.11 Å². The molecule has 0 saturated carbocycles. The number of aromatic amines is 1. The maximum Gasteiger partial charge on any atom is 0.328 e. The fraction of sp³-hybridized carbons (Fsp3) is 0.111. The molecule has 4 heteroatoms. The van der Waals surface area contributed by atoms with Crippen LogP contribution in [0.15, 0.2) is 79.0 Å². The van der Waals surface area contributed by atoms with Gasteiger partial charge in [0.2, 0.25) is 0 Å². The van der Waals surface area contributed by atoms with Crippen LogP contribution in [0.25, 0.3) is 28.1 Å². The number of benzene rings is 3. The molecule has 0 saturated heterocycles. The molecule has 2 N–H and O–H groups in total. The summed E-state index contributed by atoms with van der Waals surface area (Å²) in [5.41, 5.74) is 8.94. The molecule has 0 fully saturated rings. The Hall–Kier alpha value is -3.92. The largest absolute Gasteiger partial charge is 0.478 e. The molecule has 0 radical (unpaired) electrons. The highest BCUT2D eigenvalue weighted by Crippen LogP contribution is 2.35. The lowest BCUT2D eigenvalue weighted by atomic mass is 9.87. The van der Waals surface area contributed by atoms with Crippen LogP contribution in [0.2, 0.25) is 0 Å². The summed E-state index contributed by atoms with van der Waals surface area (Å²) in [5, 5.41) is 17.1. The Morgan fingerprint density at radius 2 is 1.77 bits per heavy atom. The molecular weight excluding hydrogens is 384 g/mol. The van der Waals surface area contributed by atoms with Gasteiger partial charge in [0.05, 0.1) is 11.7 Å². The van der Waals surface area contributed by atoms with Gasteiger partial charge in [-0.05, 0) is 65.0 Å². The van der Waals surface area contributed by atoms with Crippen LogP contribution in [0.4, 0.5) is 0 Å². The third kappa shape index (κ3) is 4.48. The molecule has 1 heterocycles. The molecule has 0 aliphatic heterocycles. The van der Waals surface area contributed by atoms with Crippen molar-refractivity contribution >= 4 is 34.1 Å². The second kappa shape index (κ2) is 8.84. The molecule has 0 aliphatic rings. The first kappa shape index (κ1) is 20.4. The molecular formula is C27H24N2O2. The molecule has 3 aromatic carbocycles. The Morgan fingerprint density at radius 1 is 1.00 bits per heavy atom. The van der Waals surface area contributed by atoms with Gasteiger partial charge in [-0.15, -0.1) is 0 Å². The quantitative estimate of drug-likeness (QED) is 0.289. The van der Waals surface area contributed by atoms with Crippen LogP contribution < -0.4 is 0 Å². The monoisotopic (exact) mass is 408 g/mol.